The lowest BCUT2D eigenvalue weighted by atomic mass is 10.0. The number of para-hydroxylation sites is 1. The Hall–Kier alpha value is -2.91. The zero-order valence-corrected chi connectivity index (χ0v) is 21.3. The number of likely N-dealkylation sites (tertiary alicyclic amines) is 1. The Balaban J connectivity index is 1.27. The summed E-state index contributed by atoms with van der Waals surface area (Å²) in [4.78, 5) is 28.0. The van der Waals surface area contributed by atoms with Gasteiger partial charge in [-0.3, -0.25) is 9.59 Å². The maximum Gasteiger partial charge on any atom is 0.255 e. The van der Waals surface area contributed by atoms with Crippen LogP contribution in [0, 0.1) is 0 Å². The van der Waals surface area contributed by atoms with Crippen molar-refractivity contribution in [3.8, 4) is 0 Å². The van der Waals surface area contributed by atoms with Gasteiger partial charge in [0.15, 0.2) is 12.2 Å². The van der Waals surface area contributed by atoms with Gasteiger partial charge in [-0.05, 0) is 65.6 Å². The van der Waals surface area contributed by atoms with Gasteiger partial charge in [-0.1, -0.05) is 41.9 Å². The van der Waals surface area contributed by atoms with Gasteiger partial charge in [0.1, 0.15) is 0 Å². The maximum absolute atomic E-state index is 12.9. The van der Waals surface area contributed by atoms with Crippen molar-refractivity contribution in [2.75, 3.05) is 18.8 Å². The maximum atomic E-state index is 12.9. The Labute approximate surface area is 219 Å². The molecule has 9 heteroatoms. The number of nitrogens with two attached hydrogens (primary N) is 1. The molecule has 1 aromatic heterocycles. The summed E-state index contributed by atoms with van der Waals surface area (Å²) < 4.78 is 0. The Kier molecular flexibility index (Phi) is 8.64. The second kappa shape index (κ2) is 11.9. The summed E-state index contributed by atoms with van der Waals surface area (Å²) in [6, 6.07) is 16.8. The molecule has 1 aliphatic rings. The second-order valence-corrected chi connectivity index (χ2v) is 10.4. The molecule has 1 fully saturated rings. The molecule has 4 rings (SSSR count). The van der Waals surface area contributed by atoms with Crippen LogP contribution in [0.15, 0.2) is 60.0 Å². The molecular weight excluding hydrogens is 498 g/mol. The van der Waals surface area contributed by atoms with Gasteiger partial charge in [0, 0.05) is 35.1 Å². The summed E-state index contributed by atoms with van der Waals surface area (Å²) in [5.74, 6) is -1.44. The molecule has 3 atom stereocenters. The molecule has 0 saturated carbocycles. The van der Waals surface area contributed by atoms with Crippen LogP contribution in [0.1, 0.15) is 40.5 Å². The Bertz CT molecular complexity index is 1220. The van der Waals surface area contributed by atoms with Gasteiger partial charge in [0.25, 0.3) is 11.8 Å². The van der Waals surface area contributed by atoms with Crippen LogP contribution in [0.3, 0.4) is 0 Å². The van der Waals surface area contributed by atoms with Crippen molar-refractivity contribution >= 4 is 40.4 Å². The number of carbonyl (C=O) groups is 2. The SMILES string of the molecule is Nc1ccccc1Cc1csc(CCNC(=O)[C@H](O)[C@@H](O)C(=O)N2CCC[C@@H]2c2cccc(Cl)c2)c1. The van der Waals surface area contributed by atoms with E-state index in [1.807, 2.05) is 36.4 Å². The highest BCUT2D eigenvalue weighted by atomic mass is 35.5. The zero-order valence-electron chi connectivity index (χ0n) is 19.8. The van der Waals surface area contributed by atoms with Crippen molar-refractivity contribution in [3.63, 3.8) is 0 Å². The number of rotatable bonds is 9. The molecular formula is C27H30ClN3O4S. The number of anilines is 1. The Morgan fingerprint density at radius 2 is 1.94 bits per heavy atom. The minimum Gasteiger partial charge on any atom is -0.398 e. The van der Waals surface area contributed by atoms with Gasteiger partial charge in [-0.2, -0.15) is 0 Å². The zero-order chi connectivity index (χ0) is 25.7. The van der Waals surface area contributed by atoms with Gasteiger partial charge >= 0.3 is 0 Å². The molecule has 2 aromatic carbocycles. The molecule has 0 unspecified atom stereocenters. The molecule has 1 saturated heterocycles. The number of amides is 2. The van der Waals surface area contributed by atoms with E-state index in [9.17, 15) is 19.8 Å². The van der Waals surface area contributed by atoms with Crippen molar-refractivity contribution in [3.05, 3.63) is 86.6 Å². The smallest absolute Gasteiger partial charge is 0.255 e. The predicted molar refractivity (Wildman–Crippen MR) is 142 cm³/mol. The van der Waals surface area contributed by atoms with E-state index in [-0.39, 0.29) is 12.6 Å². The molecule has 190 valence electrons. The number of aliphatic hydroxyl groups excluding tert-OH is 2. The van der Waals surface area contributed by atoms with E-state index in [0.717, 1.165) is 46.5 Å². The fourth-order valence-corrected chi connectivity index (χ4v) is 5.61. The summed E-state index contributed by atoms with van der Waals surface area (Å²) in [7, 11) is 0. The first-order chi connectivity index (χ1) is 17.3. The third-order valence-corrected chi connectivity index (χ3v) is 7.70. The molecule has 3 aromatic rings. The van der Waals surface area contributed by atoms with Crippen LogP contribution in [0.5, 0.6) is 0 Å². The number of nitrogens with one attached hydrogen (secondary N) is 1. The summed E-state index contributed by atoms with van der Waals surface area (Å²) in [5, 5.41) is 26.1. The van der Waals surface area contributed by atoms with Crippen molar-refractivity contribution in [1.82, 2.24) is 10.2 Å². The number of hydrogen-bond acceptors (Lipinski definition) is 6. The number of aliphatic hydroxyl groups is 2. The van der Waals surface area contributed by atoms with E-state index >= 15 is 0 Å². The normalized spacial score (nSPS) is 17.1. The van der Waals surface area contributed by atoms with Crippen LogP contribution in [0.4, 0.5) is 5.69 Å². The van der Waals surface area contributed by atoms with Gasteiger partial charge < -0.3 is 26.2 Å². The number of nitrogens with zero attached hydrogens (tertiary/aromatic N) is 1. The third-order valence-electron chi connectivity index (χ3n) is 6.42. The minimum absolute atomic E-state index is 0.250. The van der Waals surface area contributed by atoms with Crippen molar-refractivity contribution < 1.29 is 19.8 Å². The highest BCUT2D eigenvalue weighted by Gasteiger charge is 2.38. The van der Waals surface area contributed by atoms with Gasteiger partial charge in [-0.15, -0.1) is 11.3 Å². The average molecular weight is 528 g/mol. The van der Waals surface area contributed by atoms with Crippen LogP contribution in [-0.4, -0.2) is 52.2 Å². The van der Waals surface area contributed by atoms with E-state index < -0.39 is 24.0 Å². The van der Waals surface area contributed by atoms with E-state index in [1.165, 1.54) is 4.90 Å². The third kappa shape index (κ3) is 6.25. The van der Waals surface area contributed by atoms with E-state index in [1.54, 1.807) is 23.5 Å². The van der Waals surface area contributed by atoms with Crippen LogP contribution >= 0.6 is 22.9 Å². The van der Waals surface area contributed by atoms with Gasteiger partial charge in [0.2, 0.25) is 0 Å². The van der Waals surface area contributed by atoms with Crippen molar-refractivity contribution in [1.29, 1.82) is 0 Å². The van der Waals surface area contributed by atoms with Crippen LogP contribution < -0.4 is 11.1 Å². The lowest BCUT2D eigenvalue weighted by Gasteiger charge is -2.28. The first-order valence-electron chi connectivity index (χ1n) is 11.9. The number of thiophene rings is 1. The first-order valence-corrected chi connectivity index (χ1v) is 13.2. The van der Waals surface area contributed by atoms with Gasteiger partial charge in [0.05, 0.1) is 6.04 Å². The van der Waals surface area contributed by atoms with Crippen LogP contribution in [0.2, 0.25) is 5.02 Å². The molecule has 1 aliphatic heterocycles. The van der Waals surface area contributed by atoms with E-state index in [2.05, 4.69) is 16.8 Å². The van der Waals surface area contributed by atoms with Gasteiger partial charge in [-0.25, -0.2) is 0 Å². The molecule has 2 heterocycles. The van der Waals surface area contributed by atoms with Crippen molar-refractivity contribution in [2.45, 2.75) is 43.9 Å². The summed E-state index contributed by atoms with van der Waals surface area (Å²) in [6.45, 7) is 0.718. The fraction of sp³-hybridized carbons (Fsp3) is 0.333. The fourth-order valence-electron chi connectivity index (χ4n) is 4.52. The molecule has 0 spiro atoms. The van der Waals surface area contributed by atoms with Crippen LogP contribution in [-0.2, 0) is 22.4 Å². The summed E-state index contributed by atoms with van der Waals surface area (Å²) in [5.41, 5.74) is 9.85. The quantitative estimate of drug-likeness (QED) is 0.319. The average Bonchev–Trinajstić information content (AvgIpc) is 3.54. The monoisotopic (exact) mass is 527 g/mol. The number of halogens is 1. The molecule has 0 bridgehead atoms. The Morgan fingerprint density at radius 3 is 2.72 bits per heavy atom. The van der Waals surface area contributed by atoms with Crippen molar-refractivity contribution in [2.24, 2.45) is 0 Å². The Morgan fingerprint density at radius 1 is 1.14 bits per heavy atom. The molecule has 36 heavy (non-hydrogen) atoms. The summed E-state index contributed by atoms with van der Waals surface area (Å²) in [6.07, 6.45) is -0.902. The van der Waals surface area contributed by atoms with E-state index in [4.69, 9.17) is 17.3 Å². The number of benzene rings is 2. The lowest BCUT2D eigenvalue weighted by Crippen LogP contribution is -2.50. The molecule has 0 aliphatic carbocycles. The minimum atomic E-state index is -1.85. The first kappa shape index (κ1) is 26.2. The van der Waals surface area contributed by atoms with E-state index in [0.29, 0.717) is 18.0 Å². The highest BCUT2D eigenvalue weighted by molar-refractivity contribution is 7.10. The highest BCUT2D eigenvalue weighted by Crippen LogP contribution is 2.33. The molecule has 5 N–H and O–H groups in total. The molecule has 2 amide bonds. The summed E-state index contributed by atoms with van der Waals surface area (Å²) >= 11 is 7.68. The topological polar surface area (TPSA) is 116 Å². The predicted octanol–water partition coefficient (Wildman–Crippen LogP) is 3.32. The number of nitrogen functional groups attached to an aromatic ring is 1. The number of hydrogen-bond donors (Lipinski definition) is 4. The van der Waals surface area contributed by atoms with Crippen LogP contribution in [0.25, 0.3) is 0 Å². The lowest BCUT2D eigenvalue weighted by molar-refractivity contribution is -0.153. The second-order valence-electron chi connectivity index (χ2n) is 8.97. The largest absolute Gasteiger partial charge is 0.398 e. The molecule has 0 radical (unpaired) electrons. The standard InChI is InChI=1S/C27H30ClN3O4S/c28-20-7-3-6-19(15-20)23-9-4-12-31(23)27(35)25(33)24(32)26(34)30-11-10-21-14-17(16-36-21)13-18-5-1-2-8-22(18)29/h1-3,5-8,14-16,23-25,32-33H,4,9-13,29H2,(H,30,34)/t23-,24-,25-/m1/s1. The number of carbonyl (C=O) groups excluding carboxylic acids is 2. The molecule has 7 nitrogen and oxygen atoms in total.